The van der Waals surface area contributed by atoms with Crippen molar-refractivity contribution in [1.82, 2.24) is 79.7 Å². The van der Waals surface area contributed by atoms with Crippen LogP contribution in [0.5, 0.6) is 0 Å². The highest BCUT2D eigenvalue weighted by molar-refractivity contribution is 6.00. The maximum absolute atomic E-state index is 5.98. The minimum atomic E-state index is 0.0120. The topological polar surface area (TPSA) is 420 Å². The van der Waals surface area contributed by atoms with Gasteiger partial charge in [0.05, 0.1) is 22.8 Å². The van der Waals surface area contributed by atoms with Gasteiger partial charge in [0, 0.05) is 66.6 Å². The first-order chi connectivity index (χ1) is 38.8. The Labute approximate surface area is 452 Å². The molecule has 80 heavy (non-hydrogen) atoms. The SMILES string of the molecule is Nc1nc(N)nc(-c2ccc(-c3c4nc(c(-c5ccc(-c6nc(N)nc(N)n6)cc5)c5ccc([nH]5)c(-c5ccc(-c6nc(N)nc(N)n6)cc5)c5nc(c(-c6ccc(-c7nc(N)nc(N)n7)cc6)c6ccc3[nH]6)C=C5)C=C4)cc2)n1. The van der Waals surface area contributed by atoms with Crippen molar-refractivity contribution in [2.75, 3.05) is 45.9 Å². The molecule has 0 aliphatic carbocycles. The maximum Gasteiger partial charge on any atom is 0.225 e. The molecule has 24 nitrogen and oxygen atoms in total. The molecule has 4 aromatic carbocycles. The quantitative estimate of drug-likeness (QED) is 0.0708. The smallest absolute Gasteiger partial charge is 0.225 e. The Morgan fingerprint density at radius 3 is 0.562 bits per heavy atom. The molecule has 2 aliphatic heterocycles. The average molecular weight is 1050 g/mol. The maximum atomic E-state index is 5.98. The molecule has 0 radical (unpaired) electrons. The predicted molar refractivity (Wildman–Crippen MR) is 311 cm³/mol. The molecule has 13 rings (SSSR count). The van der Waals surface area contributed by atoms with Crippen LogP contribution in [0, 0.1) is 0 Å². The van der Waals surface area contributed by atoms with E-state index in [1.54, 1.807) is 0 Å². The fraction of sp³-hybridized carbons (Fsp3) is 0. The molecular weight excluding hydrogens is 1010 g/mol. The summed E-state index contributed by atoms with van der Waals surface area (Å²) in [6.07, 6.45) is 8.00. The number of rotatable bonds is 8. The van der Waals surface area contributed by atoms with Crippen LogP contribution < -0.4 is 45.9 Å². The van der Waals surface area contributed by atoms with E-state index in [2.05, 4.69) is 69.8 Å². The van der Waals surface area contributed by atoms with Crippen molar-refractivity contribution >= 4 is 94.0 Å². The molecule has 24 heteroatoms. The Bertz CT molecular complexity index is 3900. The van der Waals surface area contributed by atoms with E-state index in [0.717, 1.165) is 66.6 Å². The molecule has 0 spiro atoms. The fourth-order valence-corrected chi connectivity index (χ4v) is 9.72. The van der Waals surface area contributed by atoms with Crippen molar-refractivity contribution in [3.05, 3.63) is 144 Å². The van der Waals surface area contributed by atoms with Gasteiger partial charge in [0.15, 0.2) is 23.3 Å². The van der Waals surface area contributed by atoms with E-state index < -0.39 is 0 Å². The number of fused-ring (bicyclic) bond motifs is 8. The number of nitrogen functional groups attached to an aromatic ring is 8. The van der Waals surface area contributed by atoms with Gasteiger partial charge in [-0.3, -0.25) is 0 Å². The number of nitrogens with one attached hydrogen (secondary N) is 2. The minimum Gasteiger partial charge on any atom is -0.368 e. The number of benzene rings is 4. The number of hydrogen-bond acceptors (Lipinski definition) is 22. The van der Waals surface area contributed by atoms with Gasteiger partial charge in [0.2, 0.25) is 47.6 Å². The van der Waals surface area contributed by atoms with Crippen molar-refractivity contribution < 1.29 is 0 Å². The molecule has 8 bridgehead atoms. The number of nitrogens with zero attached hydrogens (tertiary/aromatic N) is 14. The van der Waals surface area contributed by atoms with Crippen LogP contribution in [0.25, 0.3) is 136 Å². The summed E-state index contributed by atoms with van der Waals surface area (Å²) in [7, 11) is 0. The summed E-state index contributed by atoms with van der Waals surface area (Å²) in [5.74, 6) is 1.43. The molecule has 0 amide bonds. The zero-order valence-corrected chi connectivity index (χ0v) is 41.7. The fourth-order valence-electron chi connectivity index (χ4n) is 9.72. The second kappa shape index (κ2) is 18.9. The molecule has 386 valence electrons. The van der Waals surface area contributed by atoms with Gasteiger partial charge in [-0.05, 0) is 70.8 Å². The number of H-pyrrole nitrogens is 2. The minimum absolute atomic E-state index is 0.0120. The summed E-state index contributed by atoms with van der Waals surface area (Å²) < 4.78 is 0. The van der Waals surface area contributed by atoms with Crippen LogP contribution in [0.1, 0.15) is 22.8 Å². The predicted octanol–water partition coefficient (Wildman–Crippen LogP) is 7.39. The first-order valence-corrected chi connectivity index (χ1v) is 24.5. The third-order valence-electron chi connectivity index (χ3n) is 13.2. The Balaban J connectivity index is 1.08. The summed E-state index contributed by atoms with van der Waals surface area (Å²) in [5.41, 5.74) is 62.8. The largest absolute Gasteiger partial charge is 0.368 e. The van der Waals surface area contributed by atoms with Crippen molar-refractivity contribution in [2.24, 2.45) is 0 Å². The summed E-state index contributed by atoms with van der Waals surface area (Å²) >= 11 is 0. The van der Waals surface area contributed by atoms with Gasteiger partial charge < -0.3 is 55.8 Å². The molecule has 0 saturated carbocycles. The Kier molecular flexibility index (Phi) is 11.3. The van der Waals surface area contributed by atoms with Gasteiger partial charge in [-0.2, -0.15) is 59.8 Å². The molecule has 0 atom stereocenters. The molecule has 2 aliphatic rings. The summed E-state index contributed by atoms with van der Waals surface area (Å²) in [4.78, 5) is 69.0. The lowest BCUT2D eigenvalue weighted by atomic mass is 10.0. The second-order valence-corrected chi connectivity index (χ2v) is 18.3. The zero-order valence-electron chi connectivity index (χ0n) is 41.7. The van der Waals surface area contributed by atoms with E-state index >= 15 is 0 Å². The third kappa shape index (κ3) is 8.98. The normalized spacial score (nSPS) is 11.8. The van der Waals surface area contributed by atoms with Crippen LogP contribution in [-0.2, 0) is 0 Å². The lowest BCUT2D eigenvalue weighted by Gasteiger charge is -2.09. The first-order valence-electron chi connectivity index (χ1n) is 24.5. The van der Waals surface area contributed by atoms with Crippen LogP contribution >= 0.6 is 0 Å². The molecule has 7 aromatic heterocycles. The van der Waals surface area contributed by atoms with Crippen LogP contribution in [0.3, 0.4) is 0 Å². The van der Waals surface area contributed by atoms with Crippen LogP contribution in [0.2, 0.25) is 0 Å². The van der Waals surface area contributed by atoms with Gasteiger partial charge >= 0.3 is 0 Å². The highest BCUT2D eigenvalue weighted by Gasteiger charge is 2.21. The lowest BCUT2D eigenvalue weighted by Crippen LogP contribution is -2.04. The first kappa shape index (κ1) is 47.6. The number of aromatic amines is 2. The van der Waals surface area contributed by atoms with Crippen LogP contribution in [0.4, 0.5) is 47.6 Å². The number of anilines is 8. The molecule has 9 heterocycles. The van der Waals surface area contributed by atoms with Crippen molar-refractivity contribution in [3.8, 4) is 90.1 Å². The number of aromatic nitrogens is 16. The van der Waals surface area contributed by atoms with Gasteiger partial charge in [-0.1, -0.05) is 97.1 Å². The van der Waals surface area contributed by atoms with E-state index in [4.69, 9.17) is 55.8 Å². The molecule has 0 unspecified atom stereocenters. The molecule has 18 N–H and O–H groups in total. The molecule has 11 aromatic rings. The van der Waals surface area contributed by atoms with Crippen LogP contribution in [-0.4, -0.2) is 79.7 Å². The van der Waals surface area contributed by atoms with Gasteiger partial charge in [-0.25, -0.2) is 9.97 Å². The molecule has 0 saturated heterocycles. The van der Waals surface area contributed by atoms with Gasteiger partial charge in [0.1, 0.15) is 0 Å². The Morgan fingerprint density at radius 2 is 0.375 bits per heavy atom. The zero-order chi connectivity index (χ0) is 54.8. The number of nitrogens with two attached hydrogens (primary N) is 8. The summed E-state index contributed by atoms with van der Waals surface area (Å²) in [6.45, 7) is 0. The van der Waals surface area contributed by atoms with Gasteiger partial charge in [0.25, 0.3) is 0 Å². The van der Waals surface area contributed by atoms with E-state index in [1.165, 1.54) is 0 Å². The summed E-state index contributed by atoms with van der Waals surface area (Å²) in [6, 6.07) is 39.1. The lowest BCUT2D eigenvalue weighted by molar-refractivity contribution is 1.09. The highest BCUT2D eigenvalue weighted by atomic mass is 15.2. The van der Waals surface area contributed by atoms with Crippen LogP contribution in [0.15, 0.2) is 121 Å². The third-order valence-corrected chi connectivity index (χ3v) is 13.2. The van der Waals surface area contributed by atoms with E-state index in [0.29, 0.717) is 68.3 Å². The summed E-state index contributed by atoms with van der Waals surface area (Å²) in [5, 5.41) is 0. The van der Waals surface area contributed by atoms with E-state index in [9.17, 15) is 0 Å². The Hall–Kier alpha value is -12.1. The van der Waals surface area contributed by atoms with Crippen molar-refractivity contribution in [2.45, 2.75) is 0 Å². The second-order valence-electron chi connectivity index (χ2n) is 18.3. The van der Waals surface area contributed by atoms with E-state index in [1.807, 2.05) is 146 Å². The standard InChI is InChI=1S/C56H42N24/c57-49-69-45(70-50(58)77-49)29-9-1-25(2-10-29)41-33-17-19-35(65-33)42(26-3-11-30(12-4-26)46-71-51(59)78-52(60)72-46)37-21-23-39(67-37)44(28-7-15-32(16-8-28)48-75-55(63)80-56(64)76-48)40-24-22-38(68-40)43(36-20-18-34(41)66-36)27-5-13-31(14-6-27)47-73-53(61)79-54(62)74-47/h1-24,65,68H,(H4,57,58,69,70,77)(H4,59,60,71,72,78)(H4,61,62,73,74,79)(H4,63,64,75,76,80). The number of hydrogen-bond donors (Lipinski definition) is 10. The molecule has 0 fully saturated rings. The van der Waals surface area contributed by atoms with Crippen molar-refractivity contribution in [1.29, 1.82) is 0 Å². The molecular formula is C56H42N24. The highest BCUT2D eigenvalue weighted by Crippen LogP contribution is 2.40. The average Bonchev–Trinajstić information content (AvgIpc) is 4.31. The van der Waals surface area contributed by atoms with E-state index in [-0.39, 0.29) is 47.6 Å². The van der Waals surface area contributed by atoms with Crippen molar-refractivity contribution in [3.63, 3.8) is 0 Å². The Morgan fingerprint density at radius 1 is 0.200 bits per heavy atom. The van der Waals surface area contributed by atoms with Gasteiger partial charge in [-0.15, -0.1) is 0 Å². The monoisotopic (exact) mass is 1050 g/mol.